The van der Waals surface area contributed by atoms with Crippen molar-refractivity contribution < 1.29 is 27.1 Å². The second-order valence-corrected chi connectivity index (χ2v) is 13.0. The lowest BCUT2D eigenvalue weighted by Gasteiger charge is -2.40. The van der Waals surface area contributed by atoms with E-state index in [1.807, 2.05) is 25.1 Å². The Bertz CT molecular complexity index is 1830. The molecule has 1 fully saturated rings. The number of halogens is 2. The molecule has 11 nitrogen and oxygen atoms in total. The number of carbonyl (C=O) groups is 2. The van der Waals surface area contributed by atoms with E-state index in [4.69, 9.17) is 10.5 Å². The number of likely N-dealkylation sites (tertiary alicyclic amines) is 1. The normalized spacial score (nSPS) is 16.4. The molecule has 3 aromatic carbocycles. The number of aromatic nitrogens is 1. The number of nitrogens with two attached hydrogens (primary N) is 1. The highest BCUT2D eigenvalue weighted by molar-refractivity contribution is 7.92. The third-order valence-corrected chi connectivity index (χ3v) is 8.13. The summed E-state index contributed by atoms with van der Waals surface area (Å²) in [5.74, 6) is -0.741. The first-order valence-electron chi connectivity index (χ1n) is 14.6. The molecule has 0 bridgehead atoms. The lowest BCUT2D eigenvalue weighted by molar-refractivity contribution is 0.0996. The first-order chi connectivity index (χ1) is 21.9. The number of sulfonamides is 1. The zero-order valence-electron chi connectivity index (χ0n) is 25.8. The molecular weight excluding hydrogens is 647 g/mol. The maximum Gasteiger partial charge on any atom is 0.319 e. The summed E-state index contributed by atoms with van der Waals surface area (Å²) < 4.78 is 45.0. The standard InChI is InChI=1S/C33H35FN6O5S.ClH/c1-21-4-3-5-23(16-21)30-18-26(38-33(42)37-25-9-12-29(34)28(17-25)32(35)41)14-15-40(30)20-22-6-13-31(36-19-22)45-27-10-7-24(8-11-27)39-46(2,43)44;/h3-13,16-17,19,26,30,39H,14-15,18,20H2,1-2H3,(H2,35,41)(H2,37,38,42);1H. The Hall–Kier alpha value is -4.72. The number of pyridine rings is 1. The molecule has 248 valence electrons. The van der Waals surface area contributed by atoms with E-state index in [1.54, 1.807) is 36.5 Å². The smallest absolute Gasteiger partial charge is 0.319 e. The summed E-state index contributed by atoms with van der Waals surface area (Å²) in [5.41, 5.74) is 8.90. The number of nitrogens with zero attached hydrogens (tertiary/aromatic N) is 2. The van der Waals surface area contributed by atoms with Gasteiger partial charge in [0.1, 0.15) is 11.6 Å². The fourth-order valence-corrected chi connectivity index (χ4v) is 5.99. The average molecular weight is 683 g/mol. The topological polar surface area (TPSA) is 156 Å². The lowest BCUT2D eigenvalue weighted by Crippen LogP contribution is -2.47. The number of carbonyl (C=O) groups excluding carboxylic acids is 2. The van der Waals surface area contributed by atoms with Gasteiger partial charge >= 0.3 is 6.03 Å². The van der Waals surface area contributed by atoms with Gasteiger partial charge in [-0.25, -0.2) is 22.6 Å². The maximum atomic E-state index is 13.9. The van der Waals surface area contributed by atoms with Crippen LogP contribution in [0.15, 0.2) is 85.1 Å². The number of nitrogens with one attached hydrogen (secondary N) is 3. The van der Waals surface area contributed by atoms with Gasteiger partial charge in [-0.15, -0.1) is 12.4 Å². The highest BCUT2D eigenvalue weighted by Crippen LogP contribution is 2.33. The second kappa shape index (κ2) is 15.2. The maximum absolute atomic E-state index is 13.9. The van der Waals surface area contributed by atoms with E-state index in [-0.39, 0.29) is 35.7 Å². The van der Waals surface area contributed by atoms with Gasteiger partial charge < -0.3 is 21.1 Å². The molecule has 0 saturated carbocycles. The summed E-state index contributed by atoms with van der Waals surface area (Å²) >= 11 is 0. The highest BCUT2D eigenvalue weighted by atomic mass is 35.5. The number of benzene rings is 3. The van der Waals surface area contributed by atoms with Crippen LogP contribution >= 0.6 is 12.4 Å². The molecule has 1 aliphatic heterocycles. The summed E-state index contributed by atoms with van der Waals surface area (Å²) in [4.78, 5) is 31.2. The second-order valence-electron chi connectivity index (χ2n) is 11.3. The van der Waals surface area contributed by atoms with Crippen molar-refractivity contribution in [2.45, 2.75) is 38.4 Å². The Balaban J connectivity index is 0.00000500. The summed E-state index contributed by atoms with van der Waals surface area (Å²) in [6, 6.07) is 21.7. The number of ether oxygens (including phenoxy) is 1. The van der Waals surface area contributed by atoms with Crippen molar-refractivity contribution in [3.8, 4) is 11.6 Å². The predicted octanol–water partition coefficient (Wildman–Crippen LogP) is 5.74. The van der Waals surface area contributed by atoms with Crippen LogP contribution in [0.5, 0.6) is 11.6 Å². The highest BCUT2D eigenvalue weighted by Gasteiger charge is 2.31. The quantitative estimate of drug-likeness (QED) is 0.166. The van der Waals surface area contributed by atoms with E-state index >= 15 is 0 Å². The fourth-order valence-electron chi connectivity index (χ4n) is 5.43. The summed E-state index contributed by atoms with van der Waals surface area (Å²) in [5, 5.41) is 5.70. The molecule has 0 aliphatic carbocycles. The van der Waals surface area contributed by atoms with Crippen molar-refractivity contribution in [3.63, 3.8) is 0 Å². The third kappa shape index (κ3) is 9.88. The predicted molar refractivity (Wildman–Crippen MR) is 181 cm³/mol. The van der Waals surface area contributed by atoms with Gasteiger partial charge in [0.15, 0.2) is 0 Å². The number of hydrogen-bond donors (Lipinski definition) is 4. The van der Waals surface area contributed by atoms with Crippen LogP contribution in [0.2, 0.25) is 0 Å². The molecule has 14 heteroatoms. The van der Waals surface area contributed by atoms with Gasteiger partial charge in [-0.3, -0.25) is 14.4 Å². The zero-order chi connectivity index (χ0) is 32.8. The molecule has 5 N–H and O–H groups in total. The van der Waals surface area contributed by atoms with E-state index in [0.717, 1.165) is 29.0 Å². The van der Waals surface area contributed by atoms with Gasteiger partial charge in [0, 0.05) is 48.8 Å². The first-order valence-corrected chi connectivity index (χ1v) is 16.5. The van der Waals surface area contributed by atoms with Crippen LogP contribution < -0.4 is 25.8 Å². The Morgan fingerprint density at radius 1 is 1.04 bits per heavy atom. The van der Waals surface area contributed by atoms with Crippen LogP contribution in [-0.2, 0) is 16.6 Å². The van der Waals surface area contributed by atoms with Gasteiger partial charge in [-0.2, -0.15) is 0 Å². The molecular formula is C33H36ClFN6O5S. The Morgan fingerprint density at radius 2 is 1.79 bits per heavy atom. The minimum absolute atomic E-state index is 0. The number of anilines is 2. The van der Waals surface area contributed by atoms with Crippen LogP contribution in [-0.4, -0.2) is 49.1 Å². The van der Waals surface area contributed by atoms with Crippen molar-refractivity contribution in [2.75, 3.05) is 22.8 Å². The largest absolute Gasteiger partial charge is 0.439 e. The minimum Gasteiger partial charge on any atom is -0.439 e. The summed E-state index contributed by atoms with van der Waals surface area (Å²) in [6.07, 6.45) is 4.21. The van der Waals surface area contributed by atoms with Crippen molar-refractivity contribution >= 4 is 45.7 Å². The van der Waals surface area contributed by atoms with Gasteiger partial charge in [-0.1, -0.05) is 35.9 Å². The van der Waals surface area contributed by atoms with Crippen LogP contribution in [0.25, 0.3) is 0 Å². The minimum atomic E-state index is -3.37. The number of primary amides is 1. The fraction of sp³-hybridized carbons (Fsp3) is 0.242. The molecule has 2 unspecified atom stereocenters. The number of rotatable bonds is 10. The van der Waals surface area contributed by atoms with Crippen molar-refractivity contribution in [1.29, 1.82) is 0 Å². The first kappa shape index (κ1) is 35.1. The van der Waals surface area contributed by atoms with Crippen molar-refractivity contribution in [2.24, 2.45) is 5.73 Å². The van der Waals surface area contributed by atoms with E-state index in [9.17, 15) is 22.4 Å². The van der Waals surface area contributed by atoms with Crippen LogP contribution in [0, 0.1) is 12.7 Å². The van der Waals surface area contributed by atoms with Crippen LogP contribution in [0.1, 0.15) is 45.9 Å². The summed E-state index contributed by atoms with van der Waals surface area (Å²) in [7, 11) is -3.37. The molecule has 47 heavy (non-hydrogen) atoms. The Morgan fingerprint density at radius 3 is 2.45 bits per heavy atom. The van der Waals surface area contributed by atoms with E-state index < -0.39 is 27.8 Å². The monoisotopic (exact) mass is 682 g/mol. The van der Waals surface area contributed by atoms with E-state index in [0.29, 0.717) is 43.2 Å². The number of piperidine rings is 1. The van der Waals surface area contributed by atoms with Gasteiger partial charge in [0.05, 0.1) is 11.8 Å². The third-order valence-electron chi connectivity index (χ3n) is 7.53. The average Bonchev–Trinajstić information content (AvgIpc) is 3.00. The van der Waals surface area contributed by atoms with Crippen LogP contribution in [0.4, 0.5) is 20.6 Å². The van der Waals surface area contributed by atoms with Crippen molar-refractivity contribution in [1.82, 2.24) is 15.2 Å². The lowest BCUT2D eigenvalue weighted by atomic mass is 9.90. The molecule has 0 radical (unpaired) electrons. The van der Waals surface area contributed by atoms with Gasteiger partial charge in [-0.05, 0) is 73.4 Å². The number of urea groups is 1. The molecule has 5 rings (SSSR count). The number of hydrogen-bond acceptors (Lipinski definition) is 7. The summed E-state index contributed by atoms with van der Waals surface area (Å²) in [6.45, 7) is 3.38. The van der Waals surface area contributed by atoms with Gasteiger partial charge in [0.2, 0.25) is 15.9 Å². The molecule has 2 atom stereocenters. The zero-order valence-corrected chi connectivity index (χ0v) is 27.4. The molecule has 1 aromatic heterocycles. The van der Waals surface area contributed by atoms with Crippen molar-refractivity contribution in [3.05, 3.63) is 113 Å². The Kier molecular flexibility index (Phi) is 11.4. The van der Waals surface area contributed by atoms with Crippen LogP contribution in [0.3, 0.4) is 0 Å². The Labute approximate surface area is 279 Å². The molecule has 0 spiro atoms. The SMILES string of the molecule is Cc1cccc(C2CC(NC(=O)Nc3ccc(F)c(C(N)=O)c3)CCN2Cc2ccc(Oc3ccc(NS(C)(=O)=O)cc3)nc2)c1.Cl. The number of amides is 3. The molecule has 4 aromatic rings. The van der Waals surface area contributed by atoms with E-state index in [1.165, 1.54) is 12.1 Å². The molecule has 3 amide bonds. The molecule has 2 heterocycles. The molecule has 1 aliphatic rings. The number of aryl methyl sites for hydroxylation is 1. The van der Waals surface area contributed by atoms with Gasteiger partial charge in [0.25, 0.3) is 5.91 Å². The molecule has 1 saturated heterocycles. The van der Waals surface area contributed by atoms with E-state index in [2.05, 4.69) is 37.4 Å².